The van der Waals surface area contributed by atoms with Crippen LogP contribution in [0, 0.1) is 6.92 Å². The second-order valence-corrected chi connectivity index (χ2v) is 5.56. The number of amides is 2. The molecule has 23 heavy (non-hydrogen) atoms. The maximum absolute atomic E-state index is 12.2. The Hall–Kier alpha value is -2.54. The van der Waals surface area contributed by atoms with Gasteiger partial charge in [0, 0.05) is 6.04 Å². The van der Waals surface area contributed by atoms with Gasteiger partial charge >= 0.3 is 6.09 Å². The fraction of sp³-hybridized carbons (Fsp3) is 0.267. The van der Waals surface area contributed by atoms with Crippen LogP contribution in [-0.4, -0.2) is 28.2 Å². The summed E-state index contributed by atoms with van der Waals surface area (Å²) in [5, 5.41) is 12.1. The summed E-state index contributed by atoms with van der Waals surface area (Å²) in [6.45, 7) is 5.30. The van der Waals surface area contributed by atoms with Crippen molar-refractivity contribution in [3.8, 4) is 5.88 Å². The minimum atomic E-state index is -0.612. The normalized spacial score (nSPS) is 10.5. The molecule has 0 aliphatic carbocycles. The van der Waals surface area contributed by atoms with Crippen LogP contribution in [0.2, 0.25) is 5.02 Å². The van der Waals surface area contributed by atoms with Crippen molar-refractivity contribution in [3.05, 3.63) is 40.4 Å². The number of anilines is 1. The number of hydrogen-bond donors (Lipinski definition) is 3. The van der Waals surface area contributed by atoms with Crippen molar-refractivity contribution >= 4 is 29.4 Å². The summed E-state index contributed by atoms with van der Waals surface area (Å²) < 4.78 is 5.08. The Kier molecular flexibility index (Phi) is 5.23. The Balaban J connectivity index is 2.09. The van der Waals surface area contributed by atoms with E-state index in [0.717, 1.165) is 0 Å². The SMILES string of the molecule is Cc1c(OC(=O)NC(C)C)n[nH]c1NC(=O)c1ccccc1Cl. The number of nitrogens with one attached hydrogen (secondary N) is 3. The first-order chi connectivity index (χ1) is 10.9. The highest BCUT2D eigenvalue weighted by atomic mass is 35.5. The van der Waals surface area contributed by atoms with Crippen LogP contribution >= 0.6 is 11.6 Å². The first-order valence-corrected chi connectivity index (χ1v) is 7.35. The Morgan fingerprint density at radius 1 is 1.30 bits per heavy atom. The van der Waals surface area contributed by atoms with E-state index in [2.05, 4.69) is 20.8 Å². The molecule has 8 heteroatoms. The Morgan fingerprint density at radius 2 is 2.00 bits per heavy atom. The molecule has 1 aromatic heterocycles. The molecule has 0 atom stereocenters. The smallest absolute Gasteiger partial charge is 0.389 e. The fourth-order valence-electron chi connectivity index (χ4n) is 1.78. The van der Waals surface area contributed by atoms with E-state index in [1.807, 2.05) is 13.8 Å². The van der Waals surface area contributed by atoms with Gasteiger partial charge in [-0.1, -0.05) is 23.7 Å². The number of H-pyrrole nitrogens is 1. The quantitative estimate of drug-likeness (QED) is 0.799. The highest BCUT2D eigenvalue weighted by molar-refractivity contribution is 6.34. The Bertz CT molecular complexity index is 727. The number of carbonyl (C=O) groups excluding carboxylic acids is 2. The van der Waals surface area contributed by atoms with Gasteiger partial charge in [-0.25, -0.2) is 4.79 Å². The number of nitrogens with zero attached hydrogens (tertiary/aromatic N) is 1. The van der Waals surface area contributed by atoms with E-state index in [1.54, 1.807) is 31.2 Å². The minimum absolute atomic E-state index is 0.0545. The van der Waals surface area contributed by atoms with E-state index in [0.29, 0.717) is 22.0 Å². The molecule has 2 rings (SSSR count). The summed E-state index contributed by atoms with van der Waals surface area (Å²) in [7, 11) is 0. The van der Waals surface area contributed by atoms with Crippen LogP contribution in [0.1, 0.15) is 29.8 Å². The molecule has 3 N–H and O–H groups in total. The van der Waals surface area contributed by atoms with Crippen LogP contribution in [-0.2, 0) is 0 Å². The van der Waals surface area contributed by atoms with E-state index in [1.165, 1.54) is 0 Å². The zero-order chi connectivity index (χ0) is 17.0. The van der Waals surface area contributed by atoms with E-state index in [4.69, 9.17) is 16.3 Å². The molecular formula is C15H17ClN4O3. The molecule has 0 fully saturated rings. The van der Waals surface area contributed by atoms with E-state index in [9.17, 15) is 9.59 Å². The van der Waals surface area contributed by atoms with Crippen LogP contribution < -0.4 is 15.4 Å². The van der Waals surface area contributed by atoms with Gasteiger partial charge in [0.2, 0.25) is 5.88 Å². The largest absolute Gasteiger partial charge is 0.414 e. The summed E-state index contributed by atoms with van der Waals surface area (Å²) in [6, 6.07) is 6.63. The summed E-state index contributed by atoms with van der Waals surface area (Å²) in [6.07, 6.45) is -0.612. The van der Waals surface area contributed by atoms with Gasteiger partial charge in [0.25, 0.3) is 5.91 Å². The number of ether oxygens (including phenoxy) is 1. The Labute approximate surface area is 138 Å². The third-order valence-corrected chi connectivity index (χ3v) is 3.25. The zero-order valence-electron chi connectivity index (χ0n) is 12.9. The zero-order valence-corrected chi connectivity index (χ0v) is 13.7. The van der Waals surface area contributed by atoms with Crippen LogP contribution in [0.3, 0.4) is 0 Å². The lowest BCUT2D eigenvalue weighted by molar-refractivity contribution is 0.102. The molecule has 1 heterocycles. The van der Waals surface area contributed by atoms with E-state index >= 15 is 0 Å². The molecule has 0 saturated carbocycles. The first-order valence-electron chi connectivity index (χ1n) is 6.97. The van der Waals surface area contributed by atoms with Crippen molar-refractivity contribution in [2.24, 2.45) is 0 Å². The molecule has 1 aromatic carbocycles. The van der Waals surface area contributed by atoms with Gasteiger partial charge in [-0.2, -0.15) is 0 Å². The molecule has 0 aliphatic rings. The van der Waals surface area contributed by atoms with Crippen LogP contribution in [0.25, 0.3) is 0 Å². The predicted molar refractivity (Wildman–Crippen MR) is 87.0 cm³/mol. The van der Waals surface area contributed by atoms with E-state index in [-0.39, 0.29) is 17.8 Å². The van der Waals surface area contributed by atoms with Gasteiger partial charge in [0.05, 0.1) is 16.1 Å². The van der Waals surface area contributed by atoms with Crippen molar-refractivity contribution in [1.29, 1.82) is 0 Å². The molecule has 0 unspecified atom stereocenters. The molecule has 0 radical (unpaired) electrons. The van der Waals surface area contributed by atoms with E-state index < -0.39 is 6.09 Å². The van der Waals surface area contributed by atoms with Gasteiger partial charge in [-0.3, -0.25) is 9.89 Å². The summed E-state index contributed by atoms with van der Waals surface area (Å²) in [5.74, 6) is 0.0420. The third-order valence-electron chi connectivity index (χ3n) is 2.92. The third kappa shape index (κ3) is 4.23. The van der Waals surface area contributed by atoms with Gasteiger partial charge in [0.1, 0.15) is 5.82 Å². The first kappa shape index (κ1) is 16.8. The highest BCUT2D eigenvalue weighted by Crippen LogP contribution is 2.23. The molecule has 2 aromatic rings. The fourth-order valence-corrected chi connectivity index (χ4v) is 2.00. The standard InChI is InChI=1S/C15H17ClN4O3/c1-8(2)17-15(22)23-14-9(3)12(19-20-14)18-13(21)10-6-4-5-7-11(10)16/h4-8H,1-3H3,(H,17,22)(H2,18,19,20,21). The molecule has 0 bridgehead atoms. The lowest BCUT2D eigenvalue weighted by atomic mass is 10.2. The number of aromatic amines is 1. The number of rotatable bonds is 4. The predicted octanol–water partition coefficient (Wildman–Crippen LogP) is 3.12. The summed E-state index contributed by atoms with van der Waals surface area (Å²) in [5.41, 5.74) is 0.840. The number of carbonyl (C=O) groups is 2. The maximum atomic E-state index is 12.2. The molecular weight excluding hydrogens is 320 g/mol. The lowest BCUT2D eigenvalue weighted by Crippen LogP contribution is -2.32. The molecule has 7 nitrogen and oxygen atoms in total. The maximum Gasteiger partial charge on any atom is 0.414 e. The van der Waals surface area contributed by atoms with Crippen molar-refractivity contribution in [2.75, 3.05) is 5.32 Å². The number of halogens is 1. The molecule has 122 valence electrons. The van der Waals surface area contributed by atoms with Crippen LogP contribution in [0.5, 0.6) is 5.88 Å². The molecule has 0 saturated heterocycles. The summed E-state index contributed by atoms with van der Waals surface area (Å²) in [4.78, 5) is 23.8. The average Bonchev–Trinajstić information content (AvgIpc) is 2.79. The van der Waals surface area contributed by atoms with Gasteiger partial charge in [0.15, 0.2) is 0 Å². The second kappa shape index (κ2) is 7.15. The molecule has 0 spiro atoms. The minimum Gasteiger partial charge on any atom is -0.389 e. The van der Waals surface area contributed by atoms with Gasteiger partial charge in [-0.05, 0) is 32.9 Å². The topological polar surface area (TPSA) is 96.1 Å². The number of aromatic nitrogens is 2. The van der Waals surface area contributed by atoms with Crippen LogP contribution in [0.4, 0.5) is 10.6 Å². The molecule has 0 aliphatic heterocycles. The number of benzene rings is 1. The average molecular weight is 337 g/mol. The van der Waals surface area contributed by atoms with Gasteiger partial charge in [-0.15, -0.1) is 5.10 Å². The highest BCUT2D eigenvalue weighted by Gasteiger charge is 2.17. The number of hydrogen-bond acceptors (Lipinski definition) is 4. The van der Waals surface area contributed by atoms with Crippen molar-refractivity contribution in [1.82, 2.24) is 15.5 Å². The van der Waals surface area contributed by atoms with Crippen molar-refractivity contribution < 1.29 is 14.3 Å². The Morgan fingerprint density at radius 3 is 2.65 bits per heavy atom. The van der Waals surface area contributed by atoms with Crippen molar-refractivity contribution in [2.45, 2.75) is 26.8 Å². The van der Waals surface area contributed by atoms with Crippen LogP contribution in [0.15, 0.2) is 24.3 Å². The van der Waals surface area contributed by atoms with Crippen molar-refractivity contribution in [3.63, 3.8) is 0 Å². The molecule has 2 amide bonds. The second-order valence-electron chi connectivity index (χ2n) is 5.15. The lowest BCUT2D eigenvalue weighted by Gasteiger charge is -2.08. The monoisotopic (exact) mass is 336 g/mol. The van der Waals surface area contributed by atoms with Gasteiger partial charge < -0.3 is 15.4 Å². The summed E-state index contributed by atoms with van der Waals surface area (Å²) >= 11 is 5.98.